The van der Waals surface area contributed by atoms with Crippen molar-refractivity contribution in [1.29, 1.82) is 0 Å². The molecule has 2 aromatic heterocycles. The van der Waals surface area contributed by atoms with E-state index in [4.69, 9.17) is 4.74 Å². The largest absolute Gasteiger partial charge is 0.487 e. The van der Waals surface area contributed by atoms with Gasteiger partial charge in [-0.3, -0.25) is 9.78 Å². The highest BCUT2D eigenvalue weighted by atomic mass is 19.4. The van der Waals surface area contributed by atoms with Crippen molar-refractivity contribution in [2.45, 2.75) is 25.7 Å². The molecule has 1 amide bonds. The predicted molar refractivity (Wildman–Crippen MR) is 107 cm³/mol. The van der Waals surface area contributed by atoms with Crippen LogP contribution < -0.4 is 14.8 Å². The number of pyridine rings is 2. The van der Waals surface area contributed by atoms with E-state index in [-0.39, 0.29) is 17.5 Å². The Hall–Kier alpha value is -3.62. The number of benzene rings is 1. The maximum absolute atomic E-state index is 12.4. The molecule has 6 nitrogen and oxygen atoms in total. The fourth-order valence-corrected chi connectivity index (χ4v) is 2.63. The molecule has 0 aliphatic carbocycles. The zero-order valence-corrected chi connectivity index (χ0v) is 16.6. The van der Waals surface area contributed by atoms with Crippen LogP contribution >= 0.6 is 0 Å². The first kappa shape index (κ1) is 22.1. The van der Waals surface area contributed by atoms with Gasteiger partial charge in [0.2, 0.25) is 5.88 Å². The number of carbonyl (C=O) groups excluding carboxylic acids is 1. The molecule has 0 spiro atoms. The highest BCUT2D eigenvalue weighted by Crippen LogP contribution is 2.21. The maximum atomic E-state index is 12.4. The van der Waals surface area contributed by atoms with Gasteiger partial charge in [-0.2, -0.15) is 13.2 Å². The summed E-state index contributed by atoms with van der Waals surface area (Å²) in [5.74, 6) is 0.0129. The molecule has 0 aliphatic heterocycles. The standard InChI is InChI=1S/C22H20F3N3O3/c1-15(16-5-4-7-19(11-16)30-13-18-6-2-3-10-26-18)28-21(29)17-8-9-20(27-12-17)31-14-22(23,24)25/h2-12,15H,13-14H2,1H3,(H,28,29). The summed E-state index contributed by atoms with van der Waals surface area (Å²) in [5, 5.41) is 2.82. The molecular formula is C22H20F3N3O3. The van der Waals surface area contributed by atoms with Crippen LogP contribution in [0, 0.1) is 0 Å². The number of alkyl halides is 3. The summed E-state index contributed by atoms with van der Waals surface area (Å²) >= 11 is 0. The van der Waals surface area contributed by atoms with Crippen molar-refractivity contribution in [2.24, 2.45) is 0 Å². The van der Waals surface area contributed by atoms with Crippen molar-refractivity contribution in [3.63, 3.8) is 0 Å². The first-order chi connectivity index (χ1) is 14.8. The number of aromatic nitrogens is 2. The third-order valence-corrected chi connectivity index (χ3v) is 4.20. The highest BCUT2D eigenvalue weighted by molar-refractivity contribution is 5.94. The summed E-state index contributed by atoms with van der Waals surface area (Å²) < 4.78 is 46.9. The fraction of sp³-hybridized carbons (Fsp3) is 0.227. The van der Waals surface area contributed by atoms with Crippen LogP contribution in [0.4, 0.5) is 13.2 Å². The van der Waals surface area contributed by atoms with E-state index in [1.54, 1.807) is 6.20 Å². The SMILES string of the molecule is CC(NC(=O)c1ccc(OCC(F)(F)F)nc1)c1cccc(OCc2ccccn2)c1. The monoisotopic (exact) mass is 431 g/mol. The first-order valence-corrected chi connectivity index (χ1v) is 9.39. The van der Waals surface area contributed by atoms with Crippen molar-refractivity contribution in [3.05, 3.63) is 83.8 Å². The summed E-state index contributed by atoms with van der Waals surface area (Å²) in [6.45, 7) is 0.685. The van der Waals surface area contributed by atoms with Gasteiger partial charge in [-0.1, -0.05) is 18.2 Å². The number of hydrogen-bond donors (Lipinski definition) is 1. The number of hydrogen-bond acceptors (Lipinski definition) is 5. The lowest BCUT2D eigenvalue weighted by molar-refractivity contribution is -0.154. The minimum absolute atomic E-state index is 0.203. The molecule has 1 aromatic carbocycles. The van der Waals surface area contributed by atoms with Crippen LogP contribution in [0.1, 0.15) is 34.6 Å². The molecule has 0 fully saturated rings. The Morgan fingerprint density at radius 1 is 1.06 bits per heavy atom. The first-order valence-electron chi connectivity index (χ1n) is 9.39. The van der Waals surface area contributed by atoms with Gasteiger partial charge in [0, 0.05) is 18.5 Å². The van der Waals surface area contributed by atoms with E-state index < -0.39 is 18.7 Å². The number of nitrogens with zero attached hydrogens (tertiary/aromatic N) is 2. The smallest absolute Gasteiger partial charge is 0.422 e. The molecule has 0 aliphatic rings. The van der Waals surface area contributed by atoms with Crippen molar-refractivity contribution in [1.82, 2.24) is 15.3 Å². The van der Waals surface area contributed by atoms with E-state index >= 15 is 0 Å². The van der Waals surface area contributed by atoms with Gasteiger partial charge in [0.1, 0.15) is 12.4 Å². The van der Waals surface area contributed by atoms with Gasteiger partial charge in [0.05, 0.1) is 17.3 Å². The minimum atomic E-state index is -4.46. The molecule has 0 saturated carbocycles. The van der Waals surface area contributed by atoms with Gasteiger partial charge < -0.3 is 14.8 Å². The molecule has 3 rings (SSSR count). The number of ether oxygens (including phenoxy) is 2. The van der Waals surface area contributed by atoms with E-state index in [9.17, 15) is 18.0 Å². The molecule has 1 atom stereocenters. The van der Waals surface area contributed by atoms with Gasteiger partial charge >= 0.3 is 6.18 Å². The summed E-state index contributed by atoms with van der Waals surface area (Å²) in [6.07, 6.45) is -1.60. The van der Waals surface area contributed by atoms with Crippen LogP contribution in [0.15, 0.2) is 67.0 Å². The quantitative estimate of drug-likeness (QED) is 0.569. The molecule has 31 heavy (non-hydrogen) atoms. The van der Waals surface area contributed by atoms with E-state index in [1.165, 1.54) is 18.3 Å². The number of carbonyl (C=O) groups is 1. The van der Waals surface area contributed by atoms with Crippen LogP contribution in [0.2, 0.25) is 0 Å². The molecule has 162 valence electrons. The summed E-state index contributed by atoms with van der Waals surface area (Å²) in [7, 11) is 0. The topological polar surface area (TPSA) is 73.3 Å². The number of nitrogens with one attached hydrogen (secondary N) is 1. The van der Waals surface area contributed by atoms with Crippen molar-refractivity contribution in [2.75, 3.05) is 6.61 Å². The molecule has 0 saturated heterocycles. The van der Waals surface area contributed by atoms with Crippen LogP contribution in [0.25, 0.3) is 0 Å². The second-order valence-electron chi connectivity index (χ2n) is 6.67. The molecule has 3 aromatic rings. The lowest BCUT2D eigenvalue weighted by Crippen LogP contribution is -2.26. The van der Waals surface area contributed by atoms with Crippen molar-refractivity contribution < 1.29 is 27.4 Å². The van der Waals surface area contributed by atoms with Gasteiger partial charge in [0.15, 0.2) is 6.61 Å². The summed E-state index contributed by atoms with van der Waals surface area (Å²) in [6, 6.07) is 15.1. The molecule has 1 N–H and O–H groups in total. The third kappa shape index (κ3) is 6.98. The highest BCUT2D eigenvalue weighted by Gasteiger charge is 2.28. The Morgan fingerprint density at radius 2 is 1.90 bits per heavy atom. The average molecular weight is 431 g/mol. The van der Waals surface area contributed by atoms with E-state index in [0.29, 0.717) is 12.4 Å². The lowest BCUT2D eigenvalue weighted by Gasteiger charge is -2.16. The van der Waals surface area contributed by atoms with Crippen molar-refractivity contribution >= 4 is 5.91 Å². The second-order valence-corrected chi connectivity index (χ2v) is 6.67. The van der Waals surface area contributed by atoms with E-state index in [2.05, 4.69) is 20.0 Å². The maximum Gasteiger partial charge on any atom is 0.422 e. The van der Waals surface area contributed by atoms with E-state index in [1.807, 2.05) is 49.4 Å². The molecule has 0 radical (unpaired) electrons. The van der Waals surface area contributed by atoms with Crippen LogP contribution in [-0.2, 0) is 6.61 Å². The van der Waals surface area contributed by atoms with Crippen LogP contribution in [0.3, 0.4) is 0 Å². The Bertz CT molecular complexity index is 996. The zero-order valence-electron chi connectivity index (χ0n) is 16.6. The lowest BCUT2D eigenvalue weighted by atomic mass is 10.1. The second kappa shape index (κ2) is 9.92. The molecule has 0 bridgehead atoms. The zero-order chi connectivity index (χ0) is 22.3. The number of amides is 1. The average Bonchev–Trinajstić information content (AvgIpc) is 2.77. The Balaban J connectivity index is 1.56. The molecule has 1 unspecified atom stereocenters. The van der Waals surface area contributed by atoms with Crippen LogP contribution in [0.5, 0.6) is 11.6 Å². The Morgan fingerprint density at radius 3 is 2.58 bits per heavy atom. The van der Waals surface area contributed by atoms with E-state index in [0.717, 1.165) is 11.3 Å². The third-order valence-electron chi connectivity index (χ3n) is 4.20. The minimum Gasteiger partial charge on any atom is -0.487 e. The molecule has 2 heterocycles. The van der Waals surface area contributed by atoms with Gasteiger partial charge in [-0.25, -0.2) is 4.98 Å². The predicted octanol–water partition coefficient (Wildman–Crippen LogP) is 4.49. The van der Waals surface area contributed by atoms with Gasteiger partial charge in [-0.05, 0) is 42.8 Å². The summed E-state index contributed by atoms with van der Waals surface area (Å²) in [4.78, 5) is 20.4. The van der Waals surface area contributed by atoms with Crippen molar-refractivity contribution in [3.8, 4) is 11.6 Å². The van der Waals surface area contributed by atoms with Crippen LogP contribution in [-0.4, -0.2) is 28.7 Å². The van der Waals surface area contributed by atoms with Gasteiger partial charge in [-0.15, -0.1) is 0 Å². The fourth-order valence-electron chi connectivity index (χ4n) is 2.63. The Kier molecular flexibility index (Phi) is 7.07. The van der Waals surface area contributed by atoms with Gasteiger partial charge in [0.25, 0.3) is 5.91 Å². The number of halogens is 3. The molecular weight excluding hydrogens is 411 g/mol. The summed E-state index contributed by atoms with van der Waals surface area (Å²) in [5.41, 5.74) is 1.82. The normalized spacial score (nSPS) is 12.1. The number of rotatable bonds is 8. The molecule has 9 heteroatoms. The Labute approximate surface area is 177 Å².